The van der Waals surface area contributed by atoms with Gasteiger partial charge in [-0.2, -0.15) is 0 Å². The average molecular weight is 243 g/mol. The number of hydrogen-bond acceptors (Lipinski definition) is 5. The van der Waals surface area contributed by atoms with E-state index >= 15 is 0 Å². The van der Waals surface area contributed by atoms with Gasteiger partial charge in [0.2, 0.25) is 0 Å². The normalized spacial score (nSPS) is 10.4. The summed E-state index contributed by atoms with van der Waals surface area (Å²) in [5.74, 6) is 0. The highest BCUT2D eigenvalue weighted by Crippen LogP contribution is 1.96. The molecule has 0 amide bonds. The van der Waals surface area contributed by atoms with Gasteiger partial charge in [-0.05, 0) is 6.42 Å². The molecule has 0 saturated heterocycles. The highest BCUT2D eigenvalue weighted by Gasteiger charge is 2.16. The third-order valence-corrected chi connectivity index (χ3v) is 2.09. The first kappa shape index (κ1) is 13.1. The molecule has 17 heavy (non-hydrogen) atoms. The van der Waals surface area contributed by atoms with E-state index in [-0.39, 0.29) is 6.73 Å². The Hall–Kier alpha value is -1.96. The van der Waals surface area contributed by atoms with E-state index in [4.69, 9.17) is 4.74 Å². The van der Waals surface area contributed by atoms with Crippen molar-refractivity contribution in [2.45, 2.75) is 26.5 Å². The summed E-state index contributed by atoms with van der Waals surface area (Å²) in [6.45, 7) is 2.33. The fourth-order valence-electron chi connectivity index (χ4n) is 1.13. The molecule has 1 heterocycles. The molecule has 0 aromatic carbocycles. The molecular formula is C9H13N3O5. The van der Waals surface area contributed by atoms with Crippen molar-refractivity contribution in [3.63, 3.8) is 0 Å². The molecule has 8 heteroatoms. The Kier molecular flexibility index (Phi) is 4.58. The second kappa shape index (κ2) is 5.94. The second-order valence-electron chi connectivity index (χ2n) is 3.37. The van der Waals surface area contributed by atoms with Crippen molar-refractivity contribution in [2.24, 2.45) is 0 Å². The van der Waals surface area contributed by atoms with Crippen molar-refractivity contribution < 1.29 is 9.66 Å². The number of nitrogens with zero attached hydrogens (tertiary/aromatic N) is 2. The van der Waals surface area contributed by atoms with E-state index in [1.165, 1.54) is 0 Å². The number of ether oxygens (including phenoxy) is 1. The van der Waals surface area contributed by atoms with Gasteiger partial charge >= 0.3 is 16.7 Å². The lowest BCUT2D eigenvalue weighted by Gasteiger charge is -2.05. The zero-order valence-electron chi connectivity index (χ0n) is 9.34. The summed E-state index contributed by atoms with van der Waals surface area (Å²) < 4.78 is 6.01. The second-order valence-corrected chi connectivity index (χ2v) is 3.37. The highest BCUT2D eigenvalue weighted by molar-refractivity contribution is 5.22. The molecule has 1 aromatic rings. The first-order chi connectivity index (χ1) is 8.07. The minimum atomic E-state index is -1.15. The third kappa shape index (κ3) is 3.25. The Labute approximate surface area is 96.0 Å². The summed E-state index contributed by atoms with van der Waals surface area (Å²) in [7, 11) is 0. The van der Waals surface area contributed by atoms with Crippen molar-refractivity contribution in [1.29, 1.82) is 0 Å². The SMILES string of the molecule is CCCCOCn1[nH]cc([N+](=O)[O-])c(=O)c1=O. The Balaban J connectivity index is 2.83. The number of aromatic nitrogens is 2. The Morgan fingerprint density at radius 3 is 2.82 bits per heavy atom. The highest BCUT2D eigenvalue weighted by atomic mass is 16.6. The number of H-pyrrole nitrogens is 1. The molecule has 94 valence electrons. The fourth-order valence-corrected chi connectivity index (χ4v) is 1.13. The predicted octanol–water partition coefficient (Wildman–Crippen LogP) is 0.219. The summed E-state index contributed by atoms with van der Waals surface area (Å²) in [6.07, 6.45) is 2.67. The summed E-state index contributed by atoms with van der Waals surface area (Å²) >= 11 is 0. The van der Waals surface area contributed by atoms with Crippen LogP contribution in [-0.2, 0) is 11.5 Å². The zero-order chi connectivity index (χ0) is 12.8. The van der Waals surface area contributed by atoms with E-state index in [1.807, 2.05) is 6.92 Å². The topological polar surface area (TPSA) is 107 Å². The summed E-state index contributed by atoms with van der Waals surface area (Å²) in [5, 5.41) is 12.7. The van der Waals surface area contributed by atoms with Gasteiger partial charge in [0, 0.05) is 6.61 Å². The van der Waals surface area contributed by atoms with Crippen LogP contribution in [0.5, 0.6) is 0 Å². The molecule has 1 aromatic heterocycles. The largest absolute Gasteiger partial charge is 0.359 e. The Bertz CT molecular complexity index is 504. The maximum absolute atomic E-state index is 11.4. The first-order valence-electron chi connectivity index (χ1n) is 5.12. The van der Waals surface area contributed by atoms with Gasteiger partial charge in [0.1, 0.15) is 12.9 Å². The van der Waals surface area contributed by atoms with Crippen LogP contribution in [0.2, 0.25) is 0 Å². The van der Waals surface area contributed by atoms with Crippen molar-refractivity contribution in [2.75, 3.05) is 6.61 Å². The number of nitro groups is 1. The molecule has 0 bridgehead atoms. The van der Waals surface area contributed by atoms with E-state index in [9.17, 15) is 19.7 Å². The quantitative estimate of drug-likeness (QED) is 0.333. The van der Waals surface area contributed by atoms with Gasteiger partial charge in [-0.1, -0.05) is 13.3 Å². The minimum absolute atomic E-state index is 0.119. The van der Waals surface area contributed by atoms with Crippen LogP contribution < -0.4 is 11.0 Å². The van der Waals surface area contributed by atoms with Crippen LogP contribution in [0.15, 0.2) is 15.8 Å². The molecule has 0 spiro atoms. The lowest BCUT2D eigenvalue weighted by molar-refractivity contribution is -0.386. The lowest BCUT2D eigenvalue weighted by Crippen LogP contribution is -2.37. The molecule has 0 atom stereocenters. The van der Waals surface area contributed by atoms with Crippen molar-refractivity contribution >= 4 is 5.69 Å². The molecule has 0 radical (unpaired) electrons. The molecule has 0 aliphatic carbocycles. The molecule has 0 aliphatic rings. The smallest absolute Gasteiger partial charge is 0.339 e. The molecule has 0 unspecified atom stereocenters. The number of aromatic amines is 1. The van der Waals surface area contributed by atoms with Crippen LogP contribution in [0.4, 0.5) is 5.69 Å². The van der Waals surface area contributed by atoms with Crippen LogP contribution >= 0.6 is 0 Å². The van der Waals surface area contributed by atoms with Gasteiger partial charge in [0.25, 0.3) is 0 Å². The Morgan fingerprint density at radius 2 is 2.24 bits per heavy atom. The fraction of sp³-hybridized carbons (Fsp3) is 0.556. The van der Waals surface area contributed by atoms with E-state index in [2.05, 4.69) is 5.10 Å². The minimum Gasteiger partial charge on any atom is -0.359 e. The maximum Gasteiger partial charge on any atom is 0.339 e. The van der Waals surface area contributed by atoms with Crippen LogP contribution in [0.3, 0.4) is 0 Å². The number of hydrogen-bond donors (Lipinski definition) is 1. The molecule has 0 aliphatic heterocycles. The van der Waals surface area contributed by atoms with Gasteiger partial charge in [-0.3, -0.25) is 24.8 Å². The van der Waals surface area contributed by atoms with Gasteiger partial charge in [-0.15, -0.1) is 0 Å². The summed E-state index contributed by atoms with van der Waals surface area (Å²) in [4.78, 5) is 32.2. The summed E-state index contributed by atoms with van der Waals surface area (Å²) in [6, 6.07) is 0. The molecule has 0 fully saturated rings. The van der Waals surface area contributed by atoms with Gasteiger partial charge < -0.3 is 4.74 Å². The van der Waals surface area contributed by atoms with Crippen LogP contribution in [0, 0.1) is 10.1 Å². The Morgan fingerprint density at radius 1 is 1.53 bits per heavy atom. The standard InChI is InChI=1S/C9H13N3O5/c1-2-3-4-17-6-11-9(14)8(13)7(5-10-11)12(15)16/h5,10H,2-4,6H2,1H3. The molecule has 1 rings (SSSR count). The van der Waals surface area contributed by atoms with Gasteiger partial charge in [0.05, 0.1) is 4.92 Å². The summed E-state index contributed by atoms with van der Waals surface area (Å²) in [5.41, 5.74) is -2.90. The number of nitrogens with one attached hydrogen (secondary N) is 1. The van der Waals surface area contributed by atoms with Crippen molar-refractivity contribution in [1.82, 2.24) is 9.78 Å². The van der Waals surface area contributed by atoms with E-state index < -0.39 is 21.6 Å². The van der Waals surface area contributed by atoms with Crippen LogP contribution in [0.1, 0.15) is 19.8 Å². The number of rotatable bonds is 6. The van der Waals surface area contributed by atoms with Crippen molar-refractivity contribution in [3.8, 4) is 0 Å². The molecule has 1 N–H and O–H groups in total. The van der Waals surface area contributed by atoms with E-state index in [0.717, 1.165) is 23.7 Å². The molecule has 8 nitrogen and oxygen atoms in total. The van der Waals surface area contributed by atoms with E-state index in [1.54, 1.807) is 0 Å². The maximum atomic E-state index is 11.4. The molecular weight excluding hydrogens is 230 g/mol. The van der Waals surface area contributed by atoms with Crippen molar-refractivity contribution in [3.05, 3.63) is 36.9 Å². The van der Waals surface area contributed by atoms with Gasteiger partial charge in [0.15, 0.2) is 0 Å². The first-order valence-corrected chi connectivity index (χ1v) is 5.12. The average Bonchev–Trinajstić information content (AvgIpc) is 2.29. The third-order valence-electron chi connectivity index (χ3n) is 2.09. The van der Waals surface area contributed by atoms with Gasteiger partial charge in [-0.25, -0.2) is 4.68 Å². The predicted molar refractivity (Wildman–Crippen MR) is 58.8 cm³/mol. The van der Waals surface area contributed by atoms with Crippen LogP contribution in [0.25, 0.3) is 0 Å². The monoisotopic (exact) mass is 243 g/mol. The zero-order valence-corrected chi connectivity index (χ0v) is 9.34. The van der Waals surface area contributed by atoms with E-state index in [0.29, 0.717) is 6.61 Å². The molecule has 0 saturated carbocycles. The van der Waals surface area contributed by atoms with Crippen LogP contribution in [-0.4, -0.2) is 21.3 Å². The lowest BCUT2D eigenvalue weighted by atomic mass is 10.4. The number of unbranched alkanes of at least 4 members (excludes halogenated alkanes) is 1.